The van der Waals surface area contributed by atoms with E-state index in [9.17, 15) is 0 Å². The third-order valence-electron chi connectivity index (χ3n) is 3.24. The van der Waals surface area contributed by atoms with Gasteiger partial charge in [-0.15, -0.1) is 0 Å². The molecule has 0 fully saturated rings. The maximum absolute atomic E-state index is 6.05. The average molecular weight is 284 g/mol. The molecule has 0 aliphatic rings. The van der Waals surface area contributed by atoms with Crippen molar-refractivity contribution in [1.29, 1.82) is 0 Å². The van der Waals surface area contributed by atoms with Gasteiger partial charge in [0.2, 0.25) is 0 Å². The minimum Gasteiger partial charge on any atom is -0.399 e. The lowest BCUT2D eigenvalue weighted by Gasteiger charge is -2.11. The van der Waals surface area contributed by atoms with Gasteiger partial charge in [0.15, 0.2) is 0 Å². The Balaban J connectivity index is 2.10. The van der Waals surface area contributed by atoms with Crippen LogP contribution in [0.5, 0.6) is 0 Å². The third kappa shape index (κ3) is 2.40. The third-order valence-corrected chi connectivity index (χ3v) is 3.48. The standard InChI is InChI=1S/C16H14ClN3/c1-10-2-4-12(17)8-15(10)20-16-14-9-13(18)5-3-11(14)6-7-19-16/h2-9H,18H2,1H3,(H,19,20). The van der Waals surface area contributed by atoms with Crippen molar-refractivity contribution in [3.63, 3.8) is 0 Å². The lowest BCUT2D eigenvalue weighted by atomic mass is 10.1. The Kier molecular flexibility index (Phi) is 3.20. The molecule has 0 saturated carbocycles. The molecule has 0 saturated heterocycles. The van der Waals surface area contributed by atoms with Crippen LogP contribution in [0.15, 0.2) is 48.7 Å². The Bertz CT molecular complexity index is 784. The number of hydrogen-bond acceptors (Lipinski definition) is 3. The second-order valence-corrected chi connectivity index (χ2v) is 5.16. The second kappa shape index (κ2) is 5.02. The van der Waals surface area contributed by atoms with E-state index in [1.165, 1.54) is 0 Å². The second-order valence-electron chi connectivity index (χ2n) is 4.72. The molecule has 20 heavy (non-hydrogen) atoms. The van der Waals surface area contributed by atoms with Gasteiger partial charge < -0.3 is 11.1 Å². The molecule has 0 aliphatic heterocycles. The number of halogens is 1. The Morgan fingerprint density at radius 2 is 1.95 bits per heavy atom. The molecule has 0 amide bonds. The van der Waals surface area contributed by atoms with Crippen LogP contribution in [0.2, 0.25) is 5.02 Å². The number of fused-ring (bicyclic) bond motifs is 1. The molecule has 1 heterocycles. The minimum atomic E-state index is 0.692. The van der Waals surface area contributed by atoms with Crippen molar-refractivity contribution < 1.29 is 0 Å². The summed E-state index contributed by atoms with van der Waals surface area (Å²) in [5.41, 5.74) is 8.64. The fourth-order valence-electron chi connectivity index (χ4n) is 2.14. The smallest absolute Gasteiger partial charge is 0.138 e. The Labute approximate surface area is 122 Å². The highest BCUT2D eigenvalue weighted by atomic mass is 35.5. The molecule has 3 N–H and O–H groups in total. The van der Waals surface area contributed by atoms with Crippen molar-refractivity contribution in [2.75, 3.05) is 11.1 Å². The summed E-state index contributed by atoms with van der Waals surface area (Å²) in [5, 5.41) is 6.11. The maximum Gasteiger partial charge on any atom is 0.138 e. The van der Waals surface area contributed by atoms with E-state index < -0.39 is 0 Å². The van der Waals surface area contributed by atoms with Crippen molar-refractivity contribution >= 4 is 39.6 Å². The van der Waals surface area contributed by atoms with Crippen LogP contribution >= 0.6 is 11.6 Å². The molecule has 3 aromatic rings. The molecular formula is C16H14ClN3. The van der Waals surface area contributed by atoms with Gasteiger partial charge in [0.05, 0.1) is 0 Å². The van der Waals surface area contributed by atoms with E-state index >= 15 is 0 Å². The summed E-state index contributed by atoms with van der Waals surface area (Å²) in [6, 6.07) is 13.5. The lowest BCUT2D eigenvalue weighted by molar-refractivity contribution is 1.32. The zero-order chi connectivity index (χ0) is 14.1. The summed E-state index contributed by atoms with van der Waals surface area (Å²) in [4.78, 5) is 4.40. The van der Waals surface area contributed by atoms with Gasteiger partial charge in [0.1, 0.15) is 5.82 Å². The molecular weight excluding hydrogens is 270 g/mol. The molecule has 0 radical (unpaired) electrons. The molecule has 100 valence electrons. The summed E-state index contributed by atoms with van der Waals surface area (Å²) in [6.45, 7) is 2.03. The van der Waals surface area contributed by atoms with E-state index in [0.29, 0.717) is 5.02 Å². The van der Waals surface area contributed by atoms with Gasteiger partial charge in [0.25, 0.3) is 0 Å². The van der Waals surface area contributed by atoms with E-state index in [4.69, 9.17) is 17.3 Å². The first-order chi connectivity index (χ1) is 9.63. The molecule has 4 heteroatoms. The quantitative estimate of drug-likeness (QED) is 0.680. The van der Waals surface area contributed by atoms with Crippen molar-refractivity contribution in [3.8, 4) is 0 Å². The van der Waals surface area contributed by atoms with E-state index in [2.05, 4.69) is 10.3 Å². The molecule has 0 bridgehead atoms. The SMILES string of the molecule is Cc1ccc(Cl)cc1Nc1nccc2ccc(N)cc12. The van der Waals surface area contributed by atoms with Gasteiger partial charge in [-0.3, -0.25) is 0 Å². The van der Waals surface area contributed by atoms with Crippen LogP contribution in [-0.4, -0.2) is 4.98 Å². The Morgan fingerprint density at radius 3 is 2.80 bits per heavy atom. The largest absolute Gasteiger partial charge is 0.399 e. The summed E-state index contributed by atoms with van der Waals surface area (Å²) in [5.74, 6) is 0.778. The number of nitrogens with one attached hydrogen (secondary N) is 1. The maximum atomic E-state index is 6.05. The number of aryl methyl sites for hydroxylation is 1. The fraction of sp³-hybridized carbons (Fsp3) is 0.0625. The topological polar surface area (TPSA) is 50.9 Å². The fourth-order valence-corrected chi connectivity index (χ4v) is 2.31. The number of anilines is 3. The van der Waals surface area contributed by atoms with E-state index in [1.807, 2.05) is 49.4 Å². The number of aromatic nitrogens is 1. The van der Waals surface area contributed by atoms with Crippen LogP contribution in [-0.2, 0) is 0 Å². The van der Waals surface area contributed by atoms with Gasteiger partial charge >= 0.3 is 0 Å². The van der Waals surface area contributed by atoms with E-state index in [0.717, 1.165) is 33.5 Å². The predicted octanol–water partition coefficient (Wildman–Crippen LogP) is 4.52. The predicted molar refractivity (Wildman–Crippen MR) is 85.6 cm³/mol. The molecule has 3 rings (SSSR count). The summed E-state index contributed by atoms with van der Waals surface area (Å²) >= 11 is 6.05. The number of nitrogens with zero attached hydrogens (tertiary/aromatic N) is 1. The highest BCUT2D eigenvalue weighted by Crippen LogP contribution is 2.28. The van der Waals surface area contributed by atoms with Crippen molar-refractivity contribution in [3.05, 3.63) is 59.2 Å². The summed E-state index contributed by atoms with van der Waals surface area (Å²) in [7, 11) is 0. The van der Waals surface area contributed by atoms with Crippen LogP contribution in [0.3, 0.4) is 0 Å². The molecule has 1 aromatic heterocycles. The summed E-state index contributed by atoms with van der Waals surface area (Å²) < 4.78 is 0. The monoisotopic (exact) mass is 283 g/mol. The normalized spacial score (nSPS) is 10.7. The van der Waals surface area contributed by atoms with Crippen molar-refractivity contribution in [2.24, 2.45) is 0 Å². The number of nitrogen functional groups attached to an aromatic ring is 1. The molecule has 0 unspecified atom stereocenters. The molecule has 2 aromatic carbocycles. The highest BCUT2D eigenvalue weighted by Gasteiger charge is 2.05. The van der Waals surface area contributed by atoms with Crippen LogP contribution < -0.4 is 11.1 Å². The first-order valence-corrected chi connectivity index (χ1v) is 6.69. The van der Waals surface area contributed by atoms with Crippen LogP contribution in [0, 0.1) is 6.92 Å². The Hall–Kier alpha value is -2.26. The zero-order valence-electron chi connectivity index (χ0n) is 11.0. The first kappa shape index (κ1) is 12.8. The van der Waals surface area contributed by atoms with Gasteiger partial charge in [-0.2, -0.15) is 0 Å². The molecule has 3 nitrogen and oxygen atoms in total. The van der Waals surface area contributed by atoms with Gasteiger partial charge in [-0.25, -0.2) is 4.98 Å². The Morgan fingerprint density at radius 1 is 1.10 bits per heavy atom. The average Bonchev–Trinajstić information content (AvgIpc) is 2.43. The number of benzene rings is 2. The van der Waals surface area contributed by atoms with E-state index in [-0.39, 0.29) is 0 Å². The van der Waals surface area contributed by atoms with Crippen LogP contribution in [0.4, 0.5) is 17.2 Å². The molecule has 0 atom stereocenters. The van der Waals surface area contributed by atoms with Gasteiger partial charge in [-0.1, -0.05) is 23.7 Å². The first-order valence-electron chi connectivity index (χ1n) is 6.31. The van der Waals surface area contributed by atoms with Crippen LogP contribution in [0.1, 0.15) is 5.56 Å². The zero-order valence-corrected chi connectivity index (χ0v) is 11.8. The van der Waals surface area contributed by atoms with E-state index in [1.54, 1.807) is 6.20 Å². The lowest BCUT2D eigenvalue weighted by Crippen LogP contribution is -1.97. The van der Waals surface area contributed by atoms with Crippen molar-refractivity contribution in [1.82, 2.24) is 4.98 Å². The molecule has 0 spiro atoms. The number of pyridine rings is 1. The van der Waals surface area contributed by atoms with Gasteiger partial charge in [0, 0.05) is 28.0 Å². The highest BCUT2D eigenvalue weighted by molar-refractivity contribution is 6.30. The minimum absolute atomic E-state index is 0.692. The summed E-state index contributed by atoms with van der Waals surface area (Å²) in [6.07, 6.45) is 1.78. The number of nitrogens with two attached hydrogens (primary N) is 1. The molecule has 0 aliphatic carbocycles. The van der Waals surface area contributed by atoms with Crippen molar-refractivity contribution in [2.45, 2.75) is 6.92 Å². The number of rotatable bonds is 2. The number of hydrogen-bond donors (Lipinski definition) is 2. The van der Waals surface area contributed by atoms with Gasteiger partial charge in [-0.05, 0) is 48.2 Å². The van der Waals surface area contributed by atoms with Crippen LogP contribution in [0.25, 0.3) is 10.8 Å².